The maximum Gasteiger partial charge on any atom is 0.649 e. The van der Waals surface area contributed by atoms with Gasteiger partial charge in [0.25, 0.3) is 5.95 Å². The Morgan fingerprint density at radius 2 is 1.33 bits per heavy atom. The fourth-order valence-corrected chi connectivity index (χ4v) is 5.02. The molecule has 1 saturated heterocycles. The lowest BCUT2D eigenvalue weighted by Gasteiger charge is -2.36. The van der Waals surface area contributed by atoms with Crippen LogP contribution in [0, 0.1) is 0 Å². The Bertz CT molecular complexity index is 1170. The molecule has 0 amide bonds. The van der Waals surface area contributed by atoms with Crippen molar-refractivity contribution in [2.24, 2.45) is 0 Å². The van der Waals surface area contributed by atoms with Gasteiger partial charge in [-0.25, -0.2) is 0 Å². The first kappa shape index (κ1) is 24.2. The van der Waals surface area contributed by atoms with Gasteiger partial charge in [0.2, 0.25) is 0 Å². The number of fused-ring (bicyclic) bond motifs is 1. The van der Waals surface area contributed by atoms with Crippen molar-refractivity contribution < 1.29 is 32.3 Å². The van der Waals surface area contributed by atoms with Gasteiger partial charge < -0.3 is 27.8 Å². The third-order valence-electron chi connectivity index (χ3n) is 5.54. The van der Waals surface area contributed by atoms with Crippen LogP contribution in [-0.4, -0.2) is 18.8 Å². The van der Waals surface area contributed by atoms with Crippen LogP contribution in [0.3, 0.4) is 0 Å². The average molecular weight is 506 g/mol. The Morgan fingerprint density at radius 3 is 1.97 bits per heavy atom. The highest BCUT2D eigenvalue weighted by molar-refractivity contribution is 7.49. The Balaban J connectivity index is 1.35. The molecule has 0 bridgehead atoms. The number of hydrogen-bond acceptors (Lipinski definition) is 7. The number of phosphoric acid groups is 1. The molecular formula is C28H27O7P. The minimum Gasteiger partial charge on any atom is -0.457 e. The summed E-state index contributed by atoms with van der Waals surface area (Å²) in [5.41, 5.74) is 0.934. The van der Waals surface area contributed by atoms with E-state index in [2.05, 4.69) is 0 Å². The summed E-state index contributed by atoms with van der Waals surface area (Å²) in [4.78, 5) is 0. The molecule has 0 radical (unpaired) electrons. The van der Waals surface area contributed by atoms with Gasteiger partial charge in [0.05, 0.1) is 6.61 Å². The van der Waals surface area contributed by atoms with Gasteiger partial charge in [0, 0.05) is 11.6 Å². The van der Waals surface area contributed by atoms with E-state index in [1.165, 1.54) is 0 Å². The Morgan fingerprint density at radius 1 is 0.722 bits per heavy atom. The van der Waals surface area contributed by atoms with Crippen molar-refractivity contribution in [3.05, 3.63) is 121 Å². The zero-order chi connectivity index (χ0) is 24.6. The van der Waals surface area contributed by atoms with E-state index in [4.69, 9.17) is 27.8 Å². The molecular weight excluding hydrogens is 479 g/mol. The number of ether oxygens (including phenoxy) is 3. The van der Waals surface area contributed by atoms with Gasteiger partial charge in [0.1, 0.15) is 17.6 Å². The Kier molecular flexibility index (Phi) is 7.72. The van der Waals surface area contributed by atoms with E-state index in [0.29, 0.717) is 24.3 Å². The second kappa shape index (κ2) is 11.5. The predicted molar refractivity (Wildman–Crippen MR) is 134 cm³/mol. The molecule has 36 heavy (non-hydrogen) atoms. The zero-order valence-electron chi connectivity index (χ0n) is 19.6. The number of phosphoric ester groups is 1. The zero-order valence-corrected chi connectivity index (χ0v) is 20.4. The topological polar surface area (TPSA) is 72.5 Å². The quantitative estimate of drug-likeness (QED) is 0.253. The largest absolute Gasteiger partial charge is 0.649 e. The van der Waals surface area contributed by atoms with Crippen LogP contribution >= 0.6 is 7.82 Å². The summed E-state index contributed by atoms with van der Waals surface area (Å²) in [7, 11) is -4.19. The van der Waals surface area contributed by atoms with E-state index in [0.717, 1.165) is 5.56 Å². The molecule has 1 fully saturated rings. The van der Waals surface area contributed by atoms with Crippen molar-refractivity contribution in [3.8, 4) is 11.5 Å². The van der Waals surface area contributed by atoms with Gasteiger partial charge in [-0.15, -0.1) is 0 Å². The predicted octanol–water partition coefficient (Wildman–Crippen LogP) is 6.96. The maximum absolute atomic E-state index is 13.8. The molecule has 0 spiro atoms. The lowest BCUT2D eigenvalue weighted by molar-refractivity contribution is -0.262. The van der Waals surface area contributed by atoms with E-state index in [1.807, 2.05) is 54.6 Å². The summed E-state index contributed by atoms with van der Waals surface area (Å²) >= 11 is 0. The molecule has 0 saturated carbocycles. The molecule has 3 aromatic rings. The van der Waals surface area contributed by atoms with E-state index in [9.17, 15) is 4.57 Å². The normalized spacial score (nSPS) is 24.3. The minimum atomic E-state index is -4.19. The summed E-state index contributed by atoms with van der Waals surface area (Å²) < 4.78 is 49.5. The number of allylic oxidation sites excluding steroid dienone is 2. The molecule has 7 nitrogen and oxygen atoms in total. The minimum absolute atomic E-state index is 0.0251. The fourth-order valence-electron chi connectivity index (χ4n) is 3.81. The highest BCUT2D eigenvalue weighted by atomic mass is 31.2. The molecule has 5 rings (SSSR count). The lowest BCUT2D eigenvalue weighted by atomic mass is 10.1. The Labute approximate surface area is 210 Å². The number of benzene rings is 3. The first-order valence-electron chi connectivity index (χ1n) is 11.8. The lowest BCUT2D eigenvalue weighted by Crippen LogP contribution is -2.42. The smallest absolute Gasteiger partial charge is 0.457 e. The van der Waals surface area contributed by atoms with Crippen LogP contribution in [0.5, 0.6) is 11.5 Å². The van der Waals surface area contributed by atoms with Crippen LogP contribution in [0.15, 0.2) is 115 Å². The van der Waals surface area contributed by atoms with Crippen LogP contribution in [0.2, 0.25) is 0 Å². The van der Waals surface area contributed by atoms with Crippen molar-refractivity contribution in [3.63, 3.8) is 0 Å². The second-order valence-electron chi connectivity index (χ2n) is 8.22. The average Bonchev–Trinajstić information content (AvgIpc) is 3.00. The molecule has 8 heteroatoms. The second-order valence-corrected chi connectivity index (χ2v) is 9.66. The molecule has 0 aliphatic carbocycles. The highest BCUT2D eigenvalue weighted by Crippen LogP contribution is 2.52. The summed E-state index contributed by atoms with van der Waals surface area (Å²) in [6, 6.07) is 27.2. The van der Waals surface area contributed by atoms with Crippen molar-refractivity contribution >= 4 is 7.82 Å². The monoisotopic (exact) mass is 506 g/mol. The first-order chi connectivity index (χ1) is 17.7. The summed E-state index contributed by atoms with van der Waals surface area (Å²) in [6.45, 7) is 0.266. The molecule has 0 N–H and O–H groups in total. The van der Waals surface area contributed by atoms with E-state index in [1.54, 1.807) is 54.6 Å². The molecule has 186 valence electrons. The van der Waals surface area contributed by atoms with Crippen molar-refractivity contribution in [2.75, 3.05) is 6.61 Å². The summed E-state index contributed by atoms with van der Waals surface area (Å²) in [5, 5.41) is 0. The number of hydrogen-bond donors (Lipinski definition) is 0. The molecule has 0 unspecified atom stereocenters. The molecule has 2 aliphatic rings. The van der Waals surface area contributed by atoms with E-state index in [-0.39, 0.29) is 18.7 Å². The molecule has 0 aromatic heterocycles. The summed E-state index contributed by atoms with van der Waals surface area (Å²) in [6.07, 6.45) is 5.58. The summed E-state index contributed by atoms with van der Waals surface area (Å²) in [5.74, 6) is 0.707. The first-order valence-corrected chi connectivity index (χ1v) is 13.3. The molecule has 2 aliphatic heterocycles. The fraction of sp³-hybridized carbons (Fsp3) is 0.214. The number of rotatable bonds is 7. The van der Waals surface area contributed by atoms with Gasteiger partial charge in [-0.3, -0.25) is 0 Å². The van der Waals surface area contributed by atoms with Crippen molar-refractivity contribution in [1.29, 1.82) is 0 Å². The maximum atomic E-state index is 13.8. The van der Waals surface area contributed by atoms with Crippen molar-refractivity contribution in [1.82, 2.24) is 0 Å². The molecule has 3 atom stereocenters. The van der Waals surface area contributed by atoms with Gasteiger partial charge in [0.15, 0.2) is 12.4 Å². The van der Waals surface area contributed by atoms with Gasteiger partial charge in [-0.2, -0.15) is 4.57 Å². The third-order valence-corrected chi connectivity index (χ3v) is 6.81. The number of para-hydroxylation sites is 2. The molecule has 3 aromatic carbocycles. The van der Waals surface area contributed by atoms with Crippen LogP contribution in [0.4, 0.5) is 0 Å². The highest BCUT2D eigenvalue weighted by Gasteiger charge is 2.39. The molecule has 2 heterocycles. The van der Waals surface area contributed by atoms with Crippen LogP contribution in [-0.2, 0) is 23.3 Å². The van der Waals surface area contributed by atoms with E-state index < -0.39 is 20.2 Å². The van der Waals surface area contributed by atoms with Crippen molar-refractivity contribution in [2.45, 2.75) is 31.3 Å². The SMILES string of the molecule is O=P(O/C1=C/C/C=C\C[C@@H]2O[C@H](c3ccccc3)OC[C@H]2O1)(Oc1ccccc1)Oc1ccccc1. The van der Waals surface area contributed by atoms with Gasteiger partial charge in [-0.1, -0.05) is 78.9 Å². The van der Waals surface area contributed by atoms with Crippen LogP contribution < -0.4 is 9.05 Å². The standard InChI is InChI=1S/C28H27O7P/c29-36(33-23-15-7-2-8-16-23,34-24-17-9-3-10-18-24)35-27-20-12-4-11-19-25-26(31-27)21-30-28(32-25)22-13-5-1-6-14-22/h1-11,13-18,20,25-26,28H,12,19,21H2/b11-4-,27-20+/t25-,26+,28+/m0/s1. The Hall–Kier alpha value is -3.51. The van der Waals surface area contributed by atoms with E-state index >= 15 is 0 Å². The van der Waals surface area contributed by atoms with Gasteiger partial charge >= 0.3 is 7.82 Å². The van der Waals surface area contributed by atoms with Gasteiger partial charge in [-0.05, 0) is 37.1 Å². The van der Waals surface area contributed by atoms with Crippen LogP contribution in [0.1, 0.15) is 24.7 Å². The third kappa shape index (κ3) is 6.38. The van der Waals surface area contributed by atoms with Crippen LogP contribution in [0.25, 0.3) is 0 Å².